The van der Waals surface area contributed by atoms with Crippen LogP contribution in [0.3, 0.4) is 0 Å². The second kappa shape index (κ2) is 2.39. The van der Waals surface area contributed by atoms with E-state index in [0.717, 1.165) is 0 Å². The first-order valence-electron chi connectivity index (χ1n) is 2.75. The van der Waals surface area contributed by atoms with Crippen molar-refractivity contribution in [1.82, 2.24) is 0 Å². The van der Waals surface area contributed by atoms with Crippen LogP contribution in [0.4, 0.5) is 0 Å². The molecule has 10 heavy (non-hydrogen) atoms. The lowest BCUT2D eigenvalue weighted by Gasteiger charge is -1.92. The van der Waals surface area contributed by atoms with E-state index in [2.05, 4.69) is 0 Å². The Morgan fingerprint density at radius 3 is 2.80 bits per heavy atom. The number of nitrogens with one attached hydrogen (secondary N) is 1. The lowest BCUT2D eigenvalue weighted by Crippen LogP contribution is -2.05. The highest BCUT2D eigenvalue weighted by molar-refractivity contribution is 6.08. The second-order valence-corrected chi connectivity index (χ2v) is 1.89. The van der Waals surface area contributed by atoms with Gasteiger partial charge in [-0.15, -0.1) is 0 Å². The number of hydrogen-bond donors (Lipinski definition) is 2. The quantitative estimate of drug-likeness (QED) is 0.523. The molecule has 0 amide bonds. The predicted octanol–water partition coefficient (Wildman–Crippen LogP) is 0.791. The standard InChI is InChI=1S/C7H5NO2/c8-6-3-1-2-5(4-6)7(9)10/h1-4,8H/p+1. The molecule has 0 aliphatic heterocycles. The maximum Gasteiger partial charge on any atom is 0.363 e. The van der Waals surface area contributed by atoms with E-state index in [1.54, 1.807) is 6.08 Å². The van der Waals surface area contributed by atoms with Gasteiger partial charge in [0.05, 0.1) is 24.6 Å². The van der Waals surface area contributed by atoms with Crippen molar-refractivity contribution in [2.45, 2.75) is 0 Å². The van der Waals surface area contributed by atoms with Crippen LogP contribution in [0.5, 0.6) is 0 Å². The normalized spacial score (nSPS) is 16.0. The Hall–Kier alpha value is -1.51. The fraction of sp³-hybridized carbons (Fsp3) is 0. The molecular weight excluding hydrogens is 130 g/mol. The van der Waals surface area contributed by atoms with Gasteiger partial charge in [-0.3, -0.25) is 5.41 Å². The molecule has 0 spiro atoms. The minimum atomic E-state index is -0.992. The van der Waals surface area contributed by atoms with Crippen molar-refractivity contribution in [3.05, 3.63) is 30.2 Å². The van der Waals surface area contributed by atoms with Crippen LogP contribution in [-0.4, -0.2) is 16.8 Å². The summed E-state index contributed by atoms with van der Waals surface area (Å²) in [5, 5.41) is 15.5. The predicted molar refractivity (Wildman–Crippen MR) is 36.9 cm³/mol. The molecule has 0 unspecified atom stereocenters. The fourth-order valence-electron chi connectivity index (χ4n) is 0.652. The van der Waals surface area contributed by atoms with Crippen molar-refractivity contribution in [2.24, 2.45) is 0 Å². The van der Waals surface area contributed by atoms with Crippen molar-refractivity contribution >= 4 is 11.7 Å². The summed E-state index contributed by atoms with van der Waals surface area (Å²) >= 11 is 0. The summed E-state index contributed by atoms with van der Waals surface area (Å²) in [6.07, 6.45) is 5.85. The Kier molecular flexibility index (Phi) is 1.58. The van der Waals surface area contributed by atoms with E-state index in [1.165, 1.54) is 18.6 Å². The molecule has 0 fully saturated rings. The van der Waals surface area contributed by atoms with Crippen LogP contribution in [0.2, 0.25) is 0 Å². The Morgan fingerprint density at radius 2 is 2.40 bits per heavy atom. The molecule has 0 bridgehead atoms. The molecule has 1 aliphatic carbocycles. The SMILES string of the molecule is N=C1C=C(C(=O)O)C=C[CH+]1. The Morgan fingerprint density at radius 1 is 1.70 bits per heavy atom. The molecule has 0 saturated heterocycles. The van der Waals surface area contributed by atoms with Crippen LogP contribution in [0, 0.1) is 11.8 Å². The van der Waals surface area contributed by atoms with E-state index in [4.69, 9.17) is 10.5 Å². The first kappa shape index (κ1) is 6.61. The van der Waals surface area contributed by atoms with Crippen LogP contribution in [0.25, 0.3) is 0 Å². The van der Waals surface area contributed by atoms with Crippen molar-refractivity contribution in [3.8, 4) is 0 Å². The summed E-state index contributed by atoms with van der Waals surface area (Å²) in [4.78, 5) is 10.3. The van der Waals surface area contributed by atoms with Gasteiger partial charge >= 0.3 is 5.97 Å². The zero-order valence-corrected chi connectivity index (χ0v) is 5.16. The summed E-state index contributed by atoms with van der Waals surface area (Å²) in [7, 11) is 0. The van der Waals surface area contributed by atoms with Crippen LogP contribution >= 0.6 is 0 Å². The third-order valence-corrected chi connectivity index (χ3v) is 1.11. The largest absolute Gasteiger partial charge is 0.476 e. The topological polar surface area (TPSA) is 61.2 Å². The van der Waals surface area contributed by atoms with Crippen molar-refractivity contribution < 1.29 is 9.90 Å². The highest BCUT2D eigenvalue weighted by Crippen LogP contribution is 2.05. The van der Waals surface area contributed by atoms with Gasteiger partial charge < -0.3 is 5.11 Å². The van der Waals surface area contributed by atoms with Crippen molar-refractivity contribution in [1.29, 1.82) is 5.41 Å². The van der Waals surface area contributed by atoms with E-state index in [1.807, 2.05) is 0 Å². The van der Waals surface area contributed by atoms with Gasteiger partial charge in [0.1, 0.15) is 0 Å². The zero-order valence-electron chi connectivity index (χ0n) is 5.16. The molecule has 2 N–H and O–H groups in total. The lowest BCUT2D eigenvalue weighted by molar-refractivity contribution is -0.132. The molecule has 50 valence electrons. The molecule has 0 aromatic rings. The molecule has 0 aromatic carbocycles. The number of carbonyl (C=O) groups is 1. The third kappa shape index (κ3) is 1.25. The Balaban J connectivity index is 2.86. The Labute approximate surface area is 58.2 Å². The fourth-order valence-corrected chi connectivity index (χ4v) is 0.652. The van der Waals surface area contributed by atoms with Crippen molar-refractivity contribution in [2.75, 3.05) is 0 Å². The molecule has 1 rings (SSSR count). The van der Waals surface area contributed by atoms with Crippen LogP contribution < -0.4 is 0 Å². The van der Waals surface area contributed by atoms with Gasteiger partial charge in [-0.1, -0.05) is 0 Å². The lowest BCUT2D eigenvalue weighted by atomic mass is 10.1. The van der Waals surface area contributed by atoms with Gasteiger partial charge in [0.25, 0.3) is 0 Å². The van der Waals surface area contributed by atoms with Gasteiger partial charge in [-0.2, -0.15) is 0 Å². The maximum absolute atomic E-state index is 10.3. The van der Waals surface area contributed by atoms with E-state index >= 15 is 0 Å². The summed E-state index contributed by atoms with van der Waals surface area (Å²) < 4.78 is 0. The maximum atomic E-state index is 10.3. The number of rotatable bonds is 1. The molecular formula is C7H6NO2+. The molecule has 3 heteroatoms. The molecule has 0 radical (unpaired) electrons. The number of carboxylic acids is 1. The zero-order chi connectivity index (χ0) is 7.56. The van der Waals surface area contributed by atoms with Gasteiger partial charge in [0, 0.05) is 0 Å². The first-order chi connectivity index (χ1) is 4.70. The summed E-state index contributed by atoms with van der Waals surface area (Å²) in [5.74, 6) is -0.992. The smallest absolute Gasteiger partial charge is 0.363 e. The average molecular weight is 136 g/mol. The van der Waals surface area contributed by atoms with Crippen LogP contribution in [0.1, 0.15) is 0 Å². The van der Waals surface area contributed by atoms with E-state index < -0.39 is 5.97 Å². The number of aliphatic carboxylic acids is 1. The molecule has 3 nitrogen and oxygen atoms in total. The Bertz CT molecular complexity index is 236. The van der Waals surface area contributed by atoms with Gasteiger partial charge in [0.2, 0.25) is 0 Å². The monoisotopic (exact) mass is 136 g/mol. The first-order valence-corrected chi connectivity index (χ1v) is 2.75. The van der Waals surface area contributed by atoms with Crippen LogP contribution in [-0.2, 0) is 4.79 Å². The highest BCUT2D eigenvalue weighted by Gasteiger charge is 2.15. The van der Waals surface area contributed by atoms with Gasteiger partial charge in [-0.05, 0) is 0 Å². The molecule has 0 heterocycles. The van der Waals surface area contributed by atoms with Crippen LogP contribution in [0.15, 0.2) is 23.8 Å². The molecule has 0 atom stereocenters. The molecule has 0 saturated carbocycles. The van der Waals surface area contributed by atoms with Gasteiger partial charge in [0.15, 0.2) is 11.3 Å². The summed E-state index contributed by atoms with van der Waals surface area (Å²) in [5.41, 5.74) is 0.382. The van der Waals surface area contributed by atoms with E-state index in [9.17, 15) is 4.79 Å². The number of hydrogen-bond acceptors (Lipinski definition) is 2. The molecule has 1 aliphatic rings. The van der Waals surface area contributed by atoms with Gasteiger partial charge in [-0.25, -0.2) is 4.79 Å². The van der Waals surface area contributed by atoms with Crippen molar-refractivity contribution in [3.63, 3.8) is 0 Å². The van der Waals surface area contributed by atoms with E-state index in [0.29, 0.717) is 0 Å². The molecule has 0 aromatic heterocycles. The minimum Gasteiger partial charge on any atom is -0.476 e. The summed E-state index contributed by atoms with van der Waals surface area (Å²) in [6, 6.07) is 0. The van der Waals surface area contributed by atoms with E-state index in [-0.39, 0.29) is 11.3 Å². The average Bonchev–Trinajstić information content (AvgIpc) is 1.88. The second-order valence-electron chi connectivity index (χ2n) is 1.89. The third-order valence-electron chi connectivity index (χ3n) is 1.11. The number of allylic oxidation sites excluding steroid dienone is 2. The minimum absolute atomic E-state index is 0.160. The highest BCUT2D eigenvalue weighted by atomic mass is 16.4. The number of carboxylic acid groups (broad SMARTS) is 1. The summed E-state index contributed by atoms with van der Waals surface area (Å²) in [6.45, 7) is 0.